The van der Waals surface area contributed by atoms with Crippen molar-refractivity contribution < 1.29 is 12.8 Å². The number of nitrogens with one attached hydrogen (secondary N) is 2. The van der Waals surface area contributed by atoms with E-state index in [0.717, 1.165) is 45.7 Å². The van der Waals surface area contributed by atoms with Gasteiger partial charge in [-0.1, -0.05) is 12.1 Å². The molecule has 2 N–H and O–H groups in total. The second-order valence-electron chi connectivity index (χ2n) is 7.38. The van der Waals surface area contributed by atoms with Gasteiger partial charge in [-0.3, -0.25) is 9.89 Å². The minimum atomic E-state index is -2.90. The number of piperazine rings is 1. The number of nitrogens with zero attached hydrogens (tertiary/aromatic N) is 3. The number of hydrogen-bond acceptors (Lipinski definition) is 5. The molecule has 0 spiro atoms. The van der Waals surface area contributed by atoms with Gasteiger partial charge in [0.2, 0.25) is 0 Å². The zero-order chi connectivity index (χ0) is 20.0. The van der Waals surface area contributed by atoms with Crippen molar-refractivity contribution in [3.63, 3.8) is 0 Å². The second-order valence-corrected chi connectivity index (χ2v) is 9.61. The highest BCUT2D eigenvalue weighted by atomic mass is 32.2. The Morgan fingerprint density at radius 3 is 2.64 bits per heavy atom. The molecule has 7 nitrogen and oxygen atoms in total. The van der Waals surface area contributed by atoms with E-state index in [1.165, 1.54) is 6.07 Å². The normalized spacial score (nSPS) is 23.0. The number of hydrogen-bond donors (Lipinski definition) is 2. The van der Waals surface area contributed by atoms with E-state index in [0.29, 0.717) is 18.1 Å². The van der Waals surface area contributed by atoms with Gasteiger partial charge in [-0.15, -0.1) is 0 Å². The number of halogens is 1. The van der Waals surface area contributed by atoms with Gasteiger partial charge in [0, 0.05) is 45.8 Å². The van der Waals surface area contributed by atoms with Crippen molar-refractivity contribution in [1.29, 1.82) is 0 Å². The summed E-state index contributed by atoms with van der Waals surface area (Å²) in [6.45, 7) is 5.23. The Kier molecular flexibility index (Phi) is 7.12. The molecule has 0 saturated carbocycles. The Balaban J connectivity index is 1.33. The quantitative estimate of drug-likeness (QED) is 0.408. The van der Waals surface area contributed by atoms with Crippen LogP contribution in [0.5, 0.6) is 0 Å². The van der Waals surface area contributed by atoms with Crippen LogP contribution in [0.2, 0.25) is 0 Å². The Labute approximate surface area is 166 Å². The molecule has 1 unspecified atom stereocenters. The van der Waals surface area contributed by atoms with Crippen molar-refractivity contribution in [3.8, 4) is 0 Å². The van der Waals surface area contributed by atoms with E-state index < -0.39 is 9.84 Å². The number of rotatable bonds is 6. The van der Waals surface area contributed by atoms with Crippen LogP contribution in [0.15, 0.2) is 29.3 Å². The van der Waals surface area contributed by atoms with E-state index in [1.807, 2.05) is 12.1 Å². The van der Waals surface area contributed by atoms with Crippen molar-refractivity contribution >= 4 is 21.5 Å². The van der Waals surface area contributed by atoms with Crippen LogP contribution >= 0.6 is 0 Å². The lowest BCUT2D eigenvalue weighted by molar-refractivity contribution is 0.254. The average Bonchev–Trinajstić information content (AvgIpc) is 3.03. The summed E-state index contributed by atoms with van der Waals surface area (Å²) in [6.07, 6.45) is 1.60. The number of para-hydroxylation sites is 1. The first-order valence-corrected chi connectivity index (χ1v) is 11.7. The molecule has 1 aromatic rings. The lowest BCUT2D eigenvalue weighted by Gasteiger charge is -2.36. The molecule has 0 amide bonds. The molecule has 1 aromatic carbocycles. The number of aliphatic imine (C=N–C) groups is 1. The van der Waals surface area contributed by atoms with Gasteiger partial charge in [0.15, 0.2) is 15.8 Å². The Bertz CT molecular complexity index is 778. The Hall–Kier alpha value is -1.87. The van der Waals surface area contributed by atoms with Crippen LogP contribution in [0.1, 0.15) is 12.8 Å². The first kappa shape index (κ1) is 20.9. The van der Waals surface area contributed by atoms with Crippen molar-refractivity contribution in [3.05, 3.63) is 30.1 Å². The van der Waals surface area contributed by atoms with Crippen LogP contribution in [0.25, 0.3) is 0 Å². The molecule has 28 heavy (non-hydrogen) atoms. The van der Waals surface area contributed by atoms with E-state index in [4.69, 9.17) is 0 Å². The molecule has 1 atom stereocenters. The van der Waals surface area contributed by atoms with E-state index in [9.17, 15) is 12.8 Å². The molecule has 9 heteroatoms. The van der Waals surface area contributed by atoms with Crippen LogP contribution in [-0.4, -0.2) is 83.1 Å². The SMILES string of the molecule is CN=C(NCCCN1CCN(c2ccccc2F)CC1)NC1CCS(=O)(=O)C1. The molecule has 2 aliphatic rings. The van der Waals surface area contributed by atoms with Crippen molar-refractivity contribution in [2.75, 3.05) is 62.7 Å². The summed E-state index contributed by atoms with van der Waals surface area (Å²) >= 11 is 0. The third kappa shape index (κ3) is 5.81. The predicted molar refractivity (Wildman–Crippen MR) is 111 cm³/mol. The molecule has 0 radical (unpaired) electrons. The predicted octanol–water partition coefficient (Wildman–Crippen LogP) is 0.690. The fourth-order valence-corrected chi connectivity index (χ4v) is 5.40. The summed E-state index contributed by atoms with van der Waals surface area (Å²) in [5.41, 5.74) is 0.688. The highest BCUT2D eigenvalue weighted by molar-refractivity contribution is 7.91. The molecule has 2 aliphatic heterocycles. The van der Waals surface area contributed by atoms with E-state index >= 15 is 0 Å². The van der Waals surface area contributed by atoms with Gasteiger partial charge in [-0.05, 0) is 31.5 Å². The summed E-state index contributed by atoms with van der Waals surface area (Å²) in [4.78, 5) is 8.67. The third-order valence-corrected chi connectivity index (χ3v) is 7.07. The van der Waals surface area contributed by atoms with Crippen LogP contribution in [0.3, 0.4) is 0 Å². The van der Waals surface area contributed by atoms with Crippen LogP contribution < -0.4 is 15.5 Å². The summed E-state index contributed by atoms with van der Waals surface area (Å²) in [6, 6.07) is 6.88. The molecule has 156 valence electrons. The number of guanidine groups is 1. The molecule has 2 saturated heterocycles. The van der Waals surface area contributed by atoms with Crippen molar-refractivity contribution in [2.24, 2.45) is 4.99 Å². The monoisotopic (exact) mass is 411 g/mol. The van der Waals surface area contributed by atoms with Crippen molar-refractivity contribution in [2.45, 2.75) is 18.9 Å². The topological polar surface area (TPSA) is 77.0 Å². The van der Waals surface area contributed by atoms with Crippen LogP contribution in [0, 0.1) is 5.82 Å². The van der Waals surface area contributed by atoms with Gasteiger partial charge in [0.25, 0.3) is 0 Å². The van der Waals surface area contributed by atoms with Crippen molar-refractivity contribution in [1.82, 2.24) is 15.5 Å². The van der Waals surface area contributed by atoms with Crippen LogP contribution in [-0.2, 0) is 9.84 Å². The maximum absolute atomic E-state index is 13.9. The summed E-state index contributed by atoms with van der Waals surface area (Å²) < 4.78 is 37.0. The summed E-state index contributed by atoms with van der Waals surface area (Å²) in [7, 11) is -1.20. The van der Waals surface area contributed by atoms with Gasteiger partial charge in [0.05, 0.1) is 17.2 Å². The van der Waals surface area contributed by atoms with E-state index in [2.05, 4.69) is 25.4 Å². The average molecular weight is 412 g/mol. The molecule has 2 heterocycles. The molecular weight excluding hydrogens is 381 g/mol. The molecule has 0 aromatic heterocycles. The Morgan fingerprint density at radius 1 is 1.25 bits per heavy atom. The first-order valence-electron chi connectivity index (χ1n) is 9.86. The van der Waals surface area contributed by atoms with Gasteiger partial charge in [0.1, 0.15) is 5.82 Å². The third-order valence-electron chi connectivity index (χ3n) is 5.31. The van der Waals surface area contributed by atoms with Crippen LogP contribution in [0.4, 0.5) is 10.1 Å². The smallest absolute Gasteiger partial charge is 0.191 e. The lowest BCUT2D eigenvalue weighted by atomic mass is 10.2. The number of sulfone groups is 1. The zero-order valence-corrected chi connectivity index (χ0v) is 17.2. The maximum Gasteiger partial charge on any atom is 0.191 e. The number of benzene rings is 1. The fourth-order valence-electron chi connectivity index (χ4n) is 3.73. The molecule has 2 fully saturated rings. The lowest BCUT2D eigenvalue weighted by Crippen LogP contribution is -2.48. The Morgan fingerprint density at radius 2 is 2.00 bits per heavy atom. The molecule has 0 aliphatic carbocycles. The first-order chi connectivity index (χ1) is 13.5. The summed E-state index contributed by atoms with van der Waals surface area (Å²) in [5.74, 6) is 0.932. The molecular formula is C19H30FN5O2S. The largest absolute Gasteiger partial charge is 0.367 e. The van der Waals surface area contributed by atoms with E-state index in [1.54, 1.807) is 13.1 Å². The highest BCUT2D eigenvalue weighted by Gasteiger charge is 2.28. The fraction of sp³-hybridized carbons (Fsp3) is 0.632. The maximum atomic E-state index is 13.9. The minimum absolute atomic E-state index is 0.0531. The van der Waals surface area contributed by atoms with Gasteiger partial charge < -0.3 is 15.5 Å². The number of anilines is 1. The summed E-state index contributed by atoms with van der Waals surface area (Å²) in [5, 5.41) is 6.46. The zero-order valence-electron chi connectivity index (χ0n) is 16.4. The van der Waals surface area contributed by atoms with Gasteiger partial charge in [-0.2, -0.15) is 0 Å². The van der Waals surface area contributed by atoms with E-state index in [-0.39, 0.29) is 23.4 Å². The van der Waals surface area contributed by atoms with Gasteiger partial charge in [-0.25, -0.2) is 12.8 Å². The second kappa shape index (κ2) is 9.56. The molecule has 0 bridgehead atoms. The minimum Gasteiger partial charge on any atom is -0.367 e. The standard InChI is InChI=1S/C19H30FN5O2S/c1-21-19(23-16-7-14-28(26,27)15-16)22-8-4-9-24-10-12-25(13-11-24)18-6-3-2-5-17(18)20/h2-3,5-6,16H,4,7-15H2,1H3,(H2,21,22,23). The van der Waals surface area contributed by atoms with Gasteiger partial charge >= 0.3 is 0 Å². The highest BCUT2D eigenvalue weighted by Crippen LogP contribution is 2.20. The molecule has 3 rings (SSSR count).